The van der Waals surface area contributed by atoms with Crippen molar-refractivity contribution in [2.75, 3.05) is 163 Å². The van der Waals surface area contributed by atoms with Crippen molar-refractivity contribution >= 4 is 84.3 Å². The molecule has 4 saturated heterocycles. The molecule has 18 nitrogen and oxygen atoms in total. The zero-order valence-electron chi connectivity index (χ0n) is 47.9. The Hall–Kier alpha value is -0.756. The Kier molecular flexibility index (Phi) is 46.7. The number of thioether (sulfide) groups is 2. The molecule has 0 radical (unpaired) electrons. The van der Waals surface area contributed by atoms with Crippen LogP contribution in [0.4, 0.5) is 0 Å². The minimum absolute atomic E-state index is 0.0734. The first-order valence-corrected chi connectivity index (χ1v) is 33.4. The molecule has 4 aliphatic rings. The third-order valence-electron chi connectivity index (χ3n) is 12.9. The molecule has 0 aromatic carbocycles. The van der Waals surface area contributed by atoms with E-state index in [1.54, 1.807) is 54.4 Å². The summed E-state index contributed by atoms with van der Waals surface area (Å²) in [6.07, 6.45) is 8.91. The number of rotatable bonds is 35. The van der Waals surface area contributed by atoms with Gasteiger partial charge >= 0.3 is 35.5 Å². The molecular formula is C51H100O18S4Si2. The molecule has 0 atom stereocenters. The van der Waals surface area contributed by atoms with Gasteiger partial charge in [-0.2, -0.15) is 48.8 Å². The number of carbonyl (C=O) groups excluding carboxylic acids is 3. The Bertz CT molecular complexity index is 1370. The molecule has 75 heavy (non-hydrogen) atoms. The van der Waals surface area contributed by atoms with Gasteiger partial charge in [-0.15, -0.1) is 0 Å². The van der Waals surface area contributed by atoms with Crippen molar-refractivity contribution in [3.8, 4) is 0 Å². The zero-order chi connectivity index (χ0) is 57.0. The predicted molar refractivity (Wildman–Crippen MR) is 310 cm³/mol. The van der Waals surface area contributed by atoms with Gasteiger partial charge in [-0.1, -0.05) is 54.7 Å². The van der Waals surface area contributed by atoms with Gasteiger partial charge in [0.15, 0.2) is 0 Å². The van der Waals surface area contributed by atoms with Crippen LogP contribution in [0.15, 0.2) is 25.3 Å². The lowest BCUT2D eigenvalue weighted by atomic mass is 9.84. The number of hydrogen-bond donors (Lipinski definition) is 2. The highest BCUT2D eigenvalue weighted by molar-refractivity contribution is 7.99. The number of ether oxygens (including phenoxy) is 7. The van der Waals surface area contributed by atoms with Crippen molar-refractivity contribution in [2.45, 2.75) is 98.6 Å². The molecule has 24 heteroatoms. The monoisotopic (exact) mass is 1180 g/mol. The Labute approximate surface area is 474 Å². The normalized spacial score (nSPS) is 17.0. The zero-order valence-corrected chi connectivity index (χ0v) is 53.3. The Morgan fingerprint density at radius 3 is 1.19 bits per heavy atom. The maximum absolute atomic E-state index is 11.3. The third kappa shape index (κ3) is 32.3. The summed E-state index contributed by atoms with van der Waals surface area (Å²) in [4.78, 5) is 43.3. The predicted octanol–water partition coefficient (Wildman–Crippen LogP) is 8.87. The fourth-order valence-corrected chi connectivity index (χ4v) is 12.0. The van der Waals surface area contributed by atoms with E-state index >= 15 is 0 Å². The first-order valence-electron chi connectivity index (χ1n) is 26.0. The Morgan fingerprint density at radius 2 is 0.880 bits per heavy atom. The number of esters is 3. The van der Waals surface area contributed by atoms with Crippen LogP contribution in [0.5, 0.6) is 0 Å². The van der Waals surface area contributed by atoms with Gasteiger partial charge in [-0.05, 0) is 61.5 Å². The van der Waals surface area contributed by atoms with E-state index in [4.69, 9.17) is 69.5 Å². The molecule has 0 spiro atoms. The van der Waals surface area contributed by atoms with E-state index in [0.29, 0.717) is 65.9 Å². The molecule has 4 aliphatic heterocycles. The summed E-state index contributed by atoms with van der Waals surface area (Å²) < 4.78 is 67.5. The lowest BCUT2D eigenvalue weighted by molar-refractivity contribution is -0.324. The molecular weight excluding hydrogens is 1080 g/mol. The standard InChI is InChI=1S/C14H30O6SSi.C11H20O3S.2C9H14O3.C6H16O3SSi.C2H6S/c1-5-14(11-18-12-14)13-20-19-7-9-21-8-6-10-22(15-2,16-3)17-4;1-3-11(7-13-8-11)9-14-10(12)5-6-15-4-2;2*1-3-8(10)12-7-9(4-2)5-11-6-9;1-7-11(8-2,9-3)6-4-5-10;1-2-3/h5-13H2,1-4H3;3-9H2,1-2H3;2*3H,1,4-7H2,2H3;10H,4-6H2,1-3H3;3H,2H2,1H3. The SMILES string of the molecule is C=CC(=O)OCC1(CC)COC1.C=CC(=O)OCC1(CC)COC1.CCC1(COOCCSCCC[Si](OC)(OC)OC)COC1.CCS.CCSCCC(=O)OCC1(CC)COC1.CO[Si](CCCS)(OC)OC. The molecule has 4 fully saturated rings. The molecule has 0 saturated carbocycles. The van der Waals surface area contributed by atoms with Crippen molar-refractivity contribution < 1.29 is 83.9 Å². The Morgan fingerprint density at radius 1 is 0.520 bits per heavy atom. The van der Waals surface area contributed by atoms with Gasteiger partial charge < -0.3 is 59.7 Å². The summed E-state index contributed by atoms with van der Waals surface area (Å²) in [7, 11) is 5.12. The quantitative estimate of drug-likeness (QED) is 0.00894. The molecule has 0 aromatic rings. The van der Waals surface area contributed by atoms with Crippen LogP contribution in [0.1, 0.15) is 86.5 Å². The maximum Gasteiger partial charge on any atom is 0.500 e. The molecule has 0 amide bonds. The van der Waals surface area contributed by atoms with Gasteiger partial charge in [0.05, 0.1) is 88.7 Å². The van der Waals surface area contributed by atoms with Crippen LogP contribution >= 0.6 is 48.8 Å². The summed E-state index contributed by atoms with van der Waals surface area (Å²) in [6.45, 7) is 27.7. The molecule has 0 bridgehead atoms. The molecule has 0 aromatic heterocycles. The Balaban J connectivity index is 0. The summed E-state index contributed by atoms with van der Waals surface area (Å²) in [5.74, 6) is 4.87. The van der Waals surface area contributed by atoms with Crippen LogP contribution < -0.4 is 0 Å². The first-order chi connectivity index (χ1) is 36.0. The highest BCUT2D eigenvalue weighted by Gasteiger charge is 2.41. The highest BCUT2D eigenvalue weighted by atomic mass is 32.2. The van der Waals surface area contributed by atoms with Gasteiger partial charge in [0, 0.05) is 83.8 Å². The van der Waals surface area contributed by atoms with Gasteiger partial charge in [0.2, 0.25) is 0 Å². The van der Waals surface area contributed by atoms with Crippen molar-refractivity contribution in [3.63, 3.8) is 0 Å². The van der Waals surface area contributed by atoms with Gasteiger partial charge in [-0.25, -0.2) is 19.4 Å². The topological polar surface area (TPSA) is 190 Å². The maximum atomic E-state index is 11.3. The summed E-state index contributed by atoms with van der Waals surface area (Å²) in [6, 6.07) is 1.67. The summed E-state index contributed by atoms with van der Waals surface area (Å²) >= 11 is 11.5. The largest absolute Gasteiger partial charge is 0.500 e. The van der Waals surface area contributed by atoms with Crippen LogP contribution in [0.25, 0.3) is 0 Å². The second kappa shape index (κ2) is 45.9. The number of hydrogen-bond acceptors (Lipinski definition) is 22. The van der Waals surface area contributed by atoms with E-state index in [9.17, 15) is 14.4 Å². The van der Waals surface area contributed by atoms with Crippen LogP contribution in [-0.4, -0.2) is 199 Å². The third-order valence-corrected chi connectivity index (χ3v) is 20.8. The van der Waals surface area contributed by atoms with E-state index in [1.165, 1.54) is 12.2 Å². The fraction of sp³-hybridized carbons (Fsp3) is 0.863. The number of thiol groups is 2. The minimum Gasteiger partial charge on any atom is -0.465 e. The fourth-order valence-electron chi connectivity index (χ4n) is 6.51. The average molecular weight is 1190 g/mol. The van der Waals surface area contributed by atoms with Crippen molar-refractivity contribution in [1.82, 2.24) is 0 Å². The molecule has 0 unspecified atom stereocenters. The minimum atomic E-state index is -2.40. The number of carbonyl (C=O) groups is 3. The van der Waals surface area contributed by atoms with Gasteiger partial charge in [0.25, 0.3) is 0 Å². The lowest BCUT2D eigenvalue weighted by Crippen LogP contribution is -2.46. The molecule has 4 heterocycles. The first kappa shape index (κ1) is 76.3. The summed E-state index contributed by atoms with van der Waals surface area (Å²) in [5.41, 5.74) is 0.465. The van der Waals surface area contributed by atoms with E-state index in [1.807, 2.05) is 18.7 Å². The van der Waals surface area contributed by atoms with E-state index < -0.39 is 17.6 Å². The summed E-state index contributed by atoms with van der Waals surface area (Å²) in [5, 5.41) is 0. The van der Waals surface area contributed by atoms with Crippen LogP contribution in [0.2, 0.25) is 12.1 Å². The average Bonchev–Trinajstić information content (AvgIpc) is 3.39. The van der Waals surface area contributed by atoms with Crippen LogP contribution in [0.3, 0.4) is 0 Å². The van der Waals surface area contributed by atoms with E-state index in [0.717, 1.165) is 112 Å². The highest BCUT2D eigenvalue weighted by Crippen LogP contribution is 2.34. The second-order valence-electron chi connectivity index (χ2n) is 18.2. The smallest absolute Gasteiger partial charge is 0.465 e. The molecule has 0 N–H and O–H groups in total. The van der Waals surface area contributed by atoms with Crippen LogP contribution in [0, 0.1) is 21.7 Å². The van der Waals surface area contributed by atoms with Crippen molar-refractivity contribution in [1.29, 1.82) is 0 Å². The molecule has 0 aliphatic carbocycles. The van der Waals surface area contributed by atoms with E-state index in [-0.39, 0.29) is 39.6 Å². The second-order valence-corrected chi connectivity index (χ2v) is 28.0. The van der Waals surface area contributed by atoms with E-state index in [2.05, 4.69) is 73.0 Å². The van der Waals surface area contributed by atoms with Crippen LogP contribution in [-0.2, 0) is 83.9 Å². The van der Waals surface area contributed by atoms with Gasteiger partial charge in [-0.3, -0.25) is 4.79 Å². The molecule has 4 rings (SSSR count). The lowest BCUT2D eigenvalue weighted by Gasteiger charge is -2.39. The van der Waals surface area contributed by atoms with Gasteiger partial charge in [0.1, 0.15) is 19.8 Å². The van der Waals surface area contributed by atoms with Crippen molar-refractivity contribution in [2.24, 2.45) is 21.7 Å². The molecule has 444 valence electrons. The van der Waals surface area contributed by atoms with Crippen molar-refractivity contribution in [3.05, 3.63) is 25.3 Å².